The summed E-state index contributed by atoms with van der Waals surface area (Å²) in [7, 11) is 0. The molecule has 0 saturated heterocycles. The summed E-state index contributed by atoms with van der Waals surface area (Å²) in [6, 6.07) is 7.79. The number of benzene rings is 1. The molecule has 1 unspecified atom stereocenters. The Balaban J connectivity index is 0.00000180. The molecule has 1 amide bonds. The number of rotatable bonds is 3. The van der Waals surface area contributed by atoms with Gasteiger partial charge in [0.05, 0.1) is 6.04 Å². The zero-order chi connectivity index (χ0) is 13.1. The molecule has 0 spiro atoms. The molecule has 1 aromatic carbocycles. The van der Waals surface area contributed by atoms with E-state index in [1.165, 1.54) is 0 Å². The summed E-state index contributed by atoms with van der Waals surface area (Å²) in [5.41, 5.74) is 7.33. The summed E-state index contributed by atoms with van der Waals surface area (Å²) in [4.78, 5) is 14.4. The summed E-state index contributed by atoms with van der Waals surface area (Å²) in [6.45, 7) is 5.44. The maximum atomic E-state index is 12.5. The summed E-state index contributed by atoms with van der Waals surface area (Å²) in [6.07, 6.45) is 4.19. The summed E-state index contributed by atoms with van der Waals surface area (Å²) >= 11 is 0. The molecule has 1 aliphatic rings. The molecule has 1 aliphatic heterocycles. The Morgan fingerprint density at radius 2 is 2.21 bits per heavy atom. The van der Waals surface area contributed by atoms with Gasteiger partial charge in [-0.15, -0.1) is 12.4 Å². The summed E-state index contributed by atoms with van der Waals surface area (Å²) < 4.78 is 0. The molecule has 1 aromatic rings. The van der Waals surface area contributed by atoms with Crippen molar-refractivity contribution in [3.8, 4) is 0 Å². The molecule has 0 radical (unpaired) electrons. The van der Waals surface area contributed by atoms with Crippen LogP contribution in [0.5, 0.6) is 0 Å². The molecule has 2 rings (SSSR count). The first-order valence-electron chi connectivity index (χ1n) is 6.40. The van der Waals surface area contributed by atoms with Gasteiger partial charge in [0.15, 0.2) is 0 Å². The van der Waals surface area contributed by atoms with Crippen molar-refractivity contribution in [2.75, 3.05) is 6.54 Å². The van der Waals surface area contributed by atoms with Crippen LogP contribution in [0.2, 0.25) is 0 Å². The Kier molecular flexibility index (Phi) is 5.58. The van der Waals surface area contributed by atoms with E-state index in [-0.39, 0.29) is 24.4 Å². The second-order valence-corrected chi connectivity index (χ2v) is 5.02. The topological polar surface area (TPSA) is 46.3 Å². The Morgan fingerprint density at radius 1 is 1.47 bits per heavy atom. The third-order valence-electron chi connectivity index (χ3n) is 3.35. The maximum absolute atomic E-state index is 12.5. The van der Waals surface area contributed by atoms with Crippen molar-refractivity contribution in [1.29, 1.82) is 0 Å². The minimum absolute atomic E-state index is 0. The molecule has 19 heavy (non-hydrogen) atoms. The average molecular weight is 281 g/mol. The zero-order valence-electron chi connectivity index (χ0n) is 11.4. The number of carbonyl (C=O) groups excluding carboxylic acids is 1. The predicted octanol–water partition coefficient (Wildman–Crippen LogP) is 2.60. The van der Waals surface area contributed by atoms with Crippen LogP contribution in [0.15, 0.2) is 36.4 Å². The van der Waals surface area contributed by atoms with Gasteiger partial charge in [-0.3, -0.25) is 4.79 Å². The van der Waals surface area contributed by atoms with Crippen molar-refractivity contribution in [1.82, 2.24) is 4.90 Å². The van der Waals surface area contributed by atoms with Gasteiger partial charge in [0.25, 0.3) is 5.91 Å². The lowest BCUT2D eigenvalue weighted by molar-refractivity contribution is 0.0720. The SMILES string of the molecule is CC(C)C1C=CCN1C(=O)c1cccc(CN)c1.Cl. The summed E-state index contributed by atoms with van der Waals surface area (Å²) in [5.74, 6) is 0.527. The Morgan fingerprint density at radius 3 is 2.84 bits per heavy atom. The zero-order valence-corrected chi connectivity index (χ0v) is 12.2. The van der Waals surface area contributed by atoms with Gasteiger partial charge in [-0.05, 0) is 23.6 Å². The Bertz CT molecular complexity index is 471. The lowest BCUT2D eigenvalue weighted by Crippen LogP contribution is -2.39. The van der Waals surface area contributed by atoms with Gasteiger partial charge < -0.3 is 10.6 Å². The normalized spacial score (nSPS) is 17.7. The number of halogens is 1. The van der Waals surface area contributed by atoms with E-state index in [1.54, 1.807) is 0 Å². The maximum Gasteiger partial charge on any atom is 0.254 e. The fourth-order valence-corrected chi connectivity index (χ4v) is 2.34. The molecule has 0 saturated carbocycles. The van der Waals surface area contributed by atoms with Crippen molar-refractivity contribution < 1.29 is 4.79 Å². The van der Waals surface area contributed by atoms with E-state index in [4.69, 9.17) is 5.73 Å². The molecule has 1 heterocycles. The molecule has 0 aromatic heterocycles. The molecule has 1 atom stereocenters. The van der Waals surface area contributed by atoms with E-state index in [1.807, 2.05) is 29.2 Å². The van der Waals surface area contributed by atoms with Crippen molar-refractivity contribution in [3.05, 3.63) is 47.5 Å². The molecule has 4 heteroatoms. The molecule has 2 N–H and O–H groups in total. The summed E-state index contributed by atoms with van der Waals surface area (Å²) in [5, 5.41) is 0. The first-order valence-corrected chi connectivity index (χ1v) is 6.40. The number of nitrogens with two attached hydrogens (primary N) is 1. The first-order chi connectivity index (χ1) is 8.63. The molecular weight excluding hydrogens is 260 g/mol. The first kappa shape index (κ1) is 15.7. The third-order valence-corrected chi connectivity index (χ3v) is 3.35. The highest BCUT2D eigenvalue weighted by atomic mass is 35.5. The van der Waals surface area contributed by atoms with Crippen molar-refractivity contribution in [3.63, 3.8) is 0 Å². The minimum atomic E-state index is 0. The van der Waals surface area contributed by atoms with Gasteiger partial charge >= 0.3 is 0 Å². The average Bonchev–Trinajstić information content (AvgIpc) is 2.87. The quantitative estimate of drug-likeness (QED) is 0.865. The lowest BCUT2D eigenvalue weighted by Gasteiger charge is -2.27. The second-order valence-electron chi connectivity index (χ2n) is 5.02. The monoisotopic (exact) mass is 280 g/mol. The number of hydrogen-bond acceptors (Lipinski definition) is 2. The fraction of sp³-hybridized carbons (Fsp3) is 0.400. The Hall–Kier alpha value is -1.32. The van der Waals surface area contributed by atoms with Crippen LogP contribution >= 0.6 is 12.4 Å². The van der Waals surface area contributed by atoms with Crippen molar-refractivity contribution >= 4 is 18.3 Å². The van der Waals surface area contributed by atoms with Crippen molar-refractivity contribution in [2.24, 2.45) is 11.7 Å². The van der Waals surface area contributed by atoms with E-state index in [0.717, 1.165) is 11.1 Å². The third kappa shape index (κ3) is 3.37. The van der Waals surface area contributed by atoms with E-state index in [0.29, 0.717) is 19.0 Å². The van der Waals surface area contributed by atoms with Gasteiger partial charge in [-0.1, -0.05) is 38.1 Å². The lowest BCUT2D eigenvalue weighted by atomic mass is 10.0. The van der Waals surface area contributed by atoms with Crippen LogP contribution in [0.25, 0.3) is 0 Å². The Labute approximate surface area is 120 Å². The number of hydrogen-bond donors (Lipinski definition) is 1. The van der Waals surface area contributed by atoms with Gasteiger partial charge in [0.1, 0.15) is 0 Å². The molecule has 0 fully saturated rings. The predicted molar refractivity (Wildman–Crippen MR) is 80.4 cm³/mol. The van der Waals surface area contributed by atoms with Crippen LogP contribution in [0.3, 0.4) is 0 Å². The van der Waals surface area contributed by atoms with Gasteiger partial charge in [0, 0.05) is 18.7 Å². The molecule has 3 nitrogen and oxygen atoms in total. The second kappa shape index (κ2) is 6.73. The molecule has 0 aliphatic carbocycles. The largest absolute Gasteiger partial charge is 0.328 e. The number of nitrogens with zero attached hydrogens (tertiary/aromatic N) is 1. The van der Waals surface area contributed by atoms with Crippen LogP contribution in [-0.4, -0.2) is 23.4 Å². The van der Waals surface area contributed by atoms with Crippen molar-refractivity contribution in [2.45, 2.75) is 26.4 Å². The molecule has 104 valence electrons. The van der Waals surface area contributed by atoms with Gasteiger partial charge in [0.2, 0.25) is 0 Å². The van der Waals surface area contributed by atoms with E-state index < -0.39 is 0 Å². The number of amides is 1. The number of carbonyl (C=O) groups is 1. The highest BCUT2D eigenvalue weighted by molar-refractivity contribution is 5.95. The highest BCUT2D eigenvalue weighted by Gasteiger charge is 2.27. The smallest absolute Gasteiger partial charge is 0.254 e. The fourth-order valence-electron chi connectivity index (χ4n) is 2.34. The van der Waals surface area contributed by atoms with Crippen LogP contribution in [-0.2, 0) is 6.54 Å². The van der Waals surface area contributed by atoms with Crippen LogP contribution in [0, 0.1) is 5.92 Å². The van der Waals surface area contributed by atoms with E-state index >= 15 is 0 Å². The van der Waals surface area contributed by atoms with Crippen LogP contribution in [0.4, 0.5) is 0 Å². The van der Waals surface area contributed by atoms with Crippen LogP contribution < -0.4 is 5.73 Å². The van der Waals surface area contributed by atoms with Gasteiger partial charge in [-0.2, -0.15) is 0 Å². The van der Waals surface area contributed by atoms with Crippen LogP contribution in [0.1, 0.15) is 29.8 Å². The standard InChI is InChI=1S/C15H20N2O.ClH/c1-11(2)14-7-4-8-17(14)15(18)13-6-3-5-12(9-13)10-16;/h3-7,9,11,14H,8,10,16H2,1-2H3;1H. The molecular formula is C15H21ClN2O. The highest BCUT2D eigenvalue weighted by Crippen LogP contribution is 2.20. The minimum Gasteiger partial charge on any atom is -0.328 e. The van der Waals surface area contributed by atoms with E-state index in [2.05, 4.69) is 26.0 Å². The van der Waals surface area contributed by atoms with E-state index in [9.17, 15) is 4.79 Å². The molecule has 0 bridgehead atoms. The van der Waals surface area contributed by atoms with Gasteiger partial charge in [-0.25, -0.2) is 0 Å².